The van der Waals surface area contributed by atoms with Gasteiger partial charge in [-0.2, -0.15) is 12.6 Å². The fourth-order valence-electron chi connectivity index (χ4n) is 0.937. The van der Waals surface area contributed by atoms with Crippen LogP contribution in [0.1, 0.15) is 6.42 Å². The molecule has 0 unspecified atom stereocenters. The fourth-order valence-corrected chi connectivity index (χ4v) is 1.30. The van der Waals surface area contributed by atoms with Crippen molar-refractivity contribution in [1.29, 1.82) is 0 Å². The Hall–Kier alpha value is 0.270. The van der Waals surface area contributed by atoms with Gasteiger partial charge in [-0.25, -0.2) is 0 Å². The van der Waals surface area contributed by atoms with E-state index in [1.807, 2.05) is 0 Å². The van der Waals surface area contributed by atoms with Crippen LogP contribution in [0.15, 0.2) is 0 Å². The maximum absolute atomic E-state index is 8.59. The minimum atomic E-state index is 0.247. The number of rotatable bonds is 1. The van der Waals surface area contributed by atoms with Gasteiger partial charge in [-0.15, -0.1) is 0 Å². The Morgan fingerprint density at radius 2 is 2.50 bits per heavy atom. The van der Waals surface area contributed by atoms with Gasteiger partial charge < -0.3 is 10.4 Å². The van der Waals surface area contributed by atoms with Crippen LogP contribution in [-0.2, 0) is 0 Å². The molecule has 0 amide bonds. The lowest BCUT2D eigenvalue weighted by molar-refractivity contribution is 0.255. The Morgan fingerprint density at radius 3 is 2.75 bits per heavy atom. The summed E-state index contributed by atoms with van der Waals surface area (Å²) < 4.78 is 0. The van der Waals surface area contributed by atoms with Crippen LogP contribution in [0.4, 0.5) is 0 Å². The monoisotopic (exact) mass is 133 g/mol. The van der Waals surface area contributed by atoms with Gasteiger partial charge >= 0.3 is 0 Å². The molecule has 0 bridgehead atoms. The maximum atomic E-state index is 8.59. The van der Waals surface area contributed by atoms with Gasteiger partial charge in [0.2, 0.25) is 0 Å². The highest BCUT2D eigenvalue weighted by Gasteiger charge is 2.19. The lowest BCUT2D eigenvalue weighted by Crippen LogP contribution is -2.24. The lowest BCUT2D eigenvalue weighted by atomic mass is 10.2. The van der Waals surface area contributed by atoms with Gasteiger partial charge in [0.25, 0.3) is 0 Å². The normalized spacial score (nSPS) is 38.2. The molecule has 0 saturated carbocycles. The number of hydrogen-bond donors (Lipinski definition) is 3. The molecule has 1 rings (SSSR count). The van der Waals surface area contributed by atoms with Crippen LogP contribution in [0.25, 0.3) is 0 Å². The van der Waals surface area contributed by atoms with Crippen molar-refractivity contribution >= 4 is 12.6 Å². The van der Waals surface area contributed by atoms with Crippen molar-refractivity contribution in [3.8, 4) is 0 Å². The van der Waals surface area contributed by atoms with Crippen molar-refractivity contribution in [2.24, 2.45) is 0 Å². The minimum absolute atomic E-state index is 0.247. The molecule has 48 valence electrons. The smallest absolute Gasteiger partial charge is 0.0585 e. The highest BCUT2D eigenvalue weighted by molar-refractivity contribution is 7.81. The van der Waals surface area contributed by atoms with Gasteiger partial charge in [0, 0.05) is 17.8 Å². The Kier molecular flexibility index (Phi) is 2.16. The van der Waals surface area contributed by atoms with Crippen molar-refractivity contribution in [2.75, 3.05) is 13.2 Å². The van der Waals surface area contributed by atoms with E-state index >= 15 is 0 Å². The molecule has 2 atom stereocenters. The first kappa shape index (κ1) is 6.39. The number of hydrogen-bond acceptors (Lipinski definition) is 3. The molecule has 2 N–H and O–H groups in total. The molecule has 1 saturated heterocycles. The Bertz CT molecular complexity index is 78.8. The average Bonchev–Trinajstić information content (AvgIpc) is 2.14. The third-order valence-corrected chi connectivity index (χ3v) is 1.81. The van der Waals surface area contributed by atoms with Crippen molar-refractivity contribution in [3.63, 3.8) is 0 Å². The molecule has 0 aromatic rings. The van der Waals surface area contributed by atoms with E-state index in [0.29, 0.717) is 11.3 Å². The van der Waals surface area contributed by atoms with Crippen molar-refractivity contribution in [1.82, 2.24) is 5.32 Å². The fraction of sp³-hybridized carbons (Fsp3) is 1.00. The summed E-state index contributed by atoms with van der Waals surface area (Å²) in [7, 11) is 0. The summed E-state index contributed by atoms with van der Waals surface area (Å²) in [6.07, 6.45) is 1.000. The first-order valence-electron chi connectivity index (χ1n) is 2.85. The summed E-state index contributed by atoms with van der Waals surface area (Å²) in [6.45, 7) is 1.19. The van der Waals surface area contributed by atoms with Crippen molar-refractivity contribution in [2.45, 2.75) is 17.7 Å². The summed E-state index contributed by atoms with van der Waals surface area (Å²) in [5.41, 5.74) is 0. The number of nitrogens with one attached hydrogen (secondary N) is 1. The Balaban J connectivity index is 2.22. The zero-order chi connectivity index (χ0) is 5.98. The third kappa shape index (κ3) is 1.37. The zero-order valence-corrected chi connectivity index (χ0v) is 5.56. The molecule has 1 aliphatic rings. The molecular formula is C5H11NOS. The van der Waals surface area contributed by atoms with E-state index < -0.39 is 0 Å². The molecule has 8 heavy (non-hydrogen) atoms. The molecule has 1 heterocycles. The predicted molar refractivity (Wildman–Crippen MR) is 36.3 cm³/mol. The molecule has 1 aliphatic heterocycles. The van der Waals surface area contributed by atoms with E-state index in [1.165, 1.54) is 0 Å². The Labute approximate surface area is 54.7 Å². The maximum Gasteiger partial charge on any atom is 0.0585 e. The molecule has 0 radical (unpaired) electrons. The van der Waals surface area contributed by atoms with E-state index in [2.05, 4.69) is 17.9 Å². The number of aliphatic hydroxyl groups excluding tert-OH is 1. The van der Waals surface area contributed by atoms with Crippen LogP contribution < -0.4 is 5.32 Å². The number of thiol groups is 1. The summed E-state index contributed by atoms with van der Waals surface area (Å²) in [4.78, 5) is 0. The molecule has 2 nitrogen and oxygen atoms in total. The van der Waals surface area contributed by atoms with E-state index in [9.17, 15) is 0 Å². The second kappa shape index (κ2) is 2.71. The second-order valence-corrected chi connectivity index (χ2v) is 2.91. The first-order valence-corrected chi connectivity index (χ1v) is 3.37. The molecule has 0 aliphatic carbocycles. The zero-order valence-electron chi connectivity index (χ0n) is 4.67. The van der Waals surface area contributed by atoms with Gasteiger partial charge in [-0.1, -0.05) is 0 Å². The molecule has 0 spiro atoms. The summed E-state index contributed by atoms with van der Waals surface area (Å²) in [5, 5.41) is 12.2. The quantitative estimate of drug-likeness (QED) is 0.427. The van der Waals surface area contributed by atoms with E-state index in [0.717, 1.165) is 13.0 Å². The first-order chi connectivity index (χ1) is 3.83. The topological polar surface area (TPSA) is 32.3 Å². The molecular weight excluding hydrogens is 122 g/mol. The van der Waals surface area contributed by atoms with Crippen LogP contribution in [0, 0.1) is 0 Å². The van der Waals surface area contributed by atoms with Gasteiger partial charge in [-0.05, 0) is 6.42 Å². The average molecular weight is 133 g/mol. The van der Waals surface area contributed by atoms with E-state index in [1.54, 1.807) is 0 Å². The molecule has 0 aromatic carbocycles. The summed E-state index contributed by atoms with van der Waals surface area (Å²) in [5.74, 6) is 0. The Morgan fingerprint density at radius 1 is 1.75 bits per heavy atom. The standard InChI is InChI=1S/C5H11NOS/c7-3-4-1-5(8)2-6-4/h4-8H,1-3H2/t4-,5+/m0/s1. The highest BCUT2D eigenvalue weighted by atomic mass is 32.1. The van der Waals surface area contributed by atoms with E-state index in [4.69, 9.17) is 5.11 Å². The van der Waals surface area contributed by atoms with Gasteiger partial charge in [-0.3, -0.25) is 0 Å². The third-order valence-electron chi connectivity index (χ3n) is 1.42. The van der Waals surface area contributed by atoms with Gasteiger partial charge in [0.05, 0.1) is 6.61 Å². The molecule has 0 aromatic heterocycles. The van der Waals surface area contributed by atoms with Crippen molar-refractivity contribution in [3.05, 3.63) is 0 Å². The van der Waals surface area contributed by atoms with Gasteiger partial charge in [0.15, 0.2) is 0 Å². The summed E-state index contributed by atoms with van der Waals surface area (Å²) >= 11 is 4.23. The van der Waals surface area contributed by atoms with Crippen LogP contribution in [0.3, 0.4) is 0 Å². The van der Waals surface area contributed by atoms with Gasteiger partial charge in [0.1, 0.15) is 0 Å². The number of aliphatic hydroxyl groups is 1. The minimum Gasteiger partial charge on any atom is -0.395 e. The van der Waals surface area contributed by atoms with Crippen LogP contribution >= 0.6 is 12.6 Å². The lowest BCUT2D eigenvalue weighted by Gasteiger charge is -2.01. The molecule has 1 fully saturated rings. The van der Waals surface area contributed by atoms with E-state index in [-0.39, 0.29) is 6.61 Å². The van der Waals surface area contributed by atoms with Crippen LogP contribution in [0.5, 0.6) is 0 Å². The van der Waals surface area contributed by atoms with Crippen molar-refractivity contribution < 1.29 is 5.11 Å². The largest absolute Gasteiger partial charge is 0.395 e. The predicted octanol–water partition coefficient (Wildman–Crippen LogP) is -0.361. The SMILES string of the molecule is OC[C@@H]1C[C@@H](S)CN1. The van der Waals surface area contributed by atoms with Crippen LogP contribution in [-0.4, -0.2) is 29.5 Å². The molecule has 3 heteroatoms. The summed E-state index contributed by atoms with van der Waals surface area (Å²) in [6, 6.07) is 0.303. The second-order valence-electron chi connectivity index (χ2n) is 2.18. The highest BCUT2D eigenvalue weighted by Crippen LogP contribution is 2.10. The van der Waals surface area contributed by atoms with Crippen LogP contribution in [0.2, 0.25) is 0 Å².